The maximum atomic E-state index is 13.6. The highest BCUT2D eigenvalue weighted by molar-refractivity contribution is 6.00. The van der Waals surface area contributed by atoms with Crippen molar-refractivity contribution in [1.29, 1.82) is 0 Å². The number of hydrogen-bond donors (Lipinski definition) is 5. The molecule has 4 atom stereocenters. The third-order valence-electron chi connectivity index (χ3n) is 10.0. The number of amides is 2. The summed E-state index contributed by atoms with van der Waals surface area (Å²) in [6.45, 7) is 4.45. The minimum atomic E-state index is -1.51. The molecule has 5 aliphatic rings. The highest BCUT2D eigenvalue weighted by Crippen LogP contribution is 2.60. The van der Waals surface area contributed by atoms with Gasteiger partial charge in [-0.05, 0) is 89.2 Å². The first kappa shape index (κ1) is 28.8. The number of carbonyl (C=O) groups excluding carboxylic acids is 2. The quantitative estimate of drug-likeness (QED) is 0.315. The number of aliphatic hydroxyl groups is 2. The van der Waals surface area contributed by atoms with Crippen molar-refractivity contribution in [1.82, 2.24) is 0 Å². The van der Waals surface area contributed by atoms with Gasteiger partial charge in [-0.25, -0.2) is 9.59 Å². The van der Waals surface area contributed by atoms with Gasteiger partial charge in [-0.2, -0.15) is 0 Å². The lowest BCUT2D eigenvalue weighted by Gasteiger charge is -2.55. The van der Waals surface area contributed by atoms with E-state index in [1.54, 1.807) is 20.8 Å². The molecule has 4 bridgehead atoms. The molecule has 12 nitrogen and oxygen atoms in total. The number of benzene rings is 1. The normalized spacial score (nSPS) is 34.7. The van der Waals surface area contributed by atoms with Crippen molar-refractivity contribution in [3.63, 3.8) is 0 Å². The second-order valence-corrected chi connectivity index (χ2v) is 13.2. The zero-order valence-electron chi connectivity index (χ0n) is 23.9. The van der Waals surface area contributed by atoms with E-state index in [0.717, 1.165) is 19.3 Å². The van der Waals surface area contributed by atoms with Crippen molar-refractivity contribution in [3.8, 4) is 11.5 Å². The van der Waals surface area contributed by atoms with Gasteiger partial charge < -0.3 is 45.0 Å². The van der Waals surface area contributed by atoms with Gasteiger partial charge >= 0.3 is 11.7 Å². The van der Waals surface area contributed by atoms with Crippen LogP contribution in [0.15, 0.2) is 21.3 Å². The zero-order valence-corrected chi connectivity index (χ0v) is 23.9. The fourth-order valence-electron chi connectivity index (χ4n) is 8.31. The molecule has 2 amide bonds. The number of ether oxygens (including phenoxy) is 3. The lowest BCUT2D eigenvalue weighted by atomic mass is 9.49. The third-order valence-corrected chi connectivity index (χ3v) is 10.0. The van der Waals surface area contributed by atoms with Crippen LogP contribution in [0.3, 0.4) is 0 Å². The lowest BCUT2D eigenvalue weighted by molar-refractivity contribution is -0.290. The summed E-state index contributed by atoms with van der Waals surface area (Å²) in [7, 11) is 0. The van der Waals surface area contributed by atoms with E-state index in [2.05, 4.69) is 5.32 Å². The van der Waals surface area contributed by atoms with E-state index in [4.69, 9.17) is 24.4 Å². The molecule has 1 aromatic carbocycles. The largest absolute Gasteiger partial charge is 0.505 e. The number of anilines is 1. The zero-order chi connectivity index (χ0) is 30.1. The van der Waals surface area contributed by atoms with Gasteiger partial charge in [0, 0.05) is 5.56 Å². The number of carbonyl (C=O) groups is 2. The number of hydrogen-bond acceptors (Lipinski definition) is 10. The van der Waals surface area contributed by atoms with E-state index < -0.39 is 59.5 Å². The van der Waals surface area contributed by atoms with Gasteiger partial charge in [0.25, 0.3) is 0 Å². The summed E-state index contributed by atoms with van der Waals surface area (Å²) in [5.41, 5.74) is 2.77. The smallest absolute Gasteiger partial charge is 0.404 e. The molecule has 4 aliphatic carbocycles. The van der Waals surface area contributed by atoms with E-state index in [-0.39, 0.29) is 28.3 Å². The lowest BCUT2D eigenvalue weighted by Crippen LogP contribution is -2.62. The molecular weight excluding hydrogens is 548 g/mol. The number of rotatable bonds is 6. The fourth-order valence-corrected chi connectivity index (χ4v) is 8.31. The first-order valence-electron chi connectivity index (χ1n) is 14.5. The van der Waals surface area contributed by atoms with Crippen LogP contribution in [0.25, 0.3) is 11.0 Å². The van der Waals surface area contributed by atoms with E-state index >= 15 is 0 Å². The van der Waals surface area contributed by atoms with Crippen LogP contribution in [0.2, 0.25) is 0 Å². The van der Waals surface area contributed by atoms with E-state index in [9.17, 15) is 29.7 Å². The molecule has 1 saturated heterocycles. The number of aryl methyl sites for hydroxylation is 1. The second-order valence-electron chi connectivity index (χ2n) is 13.2. The molecular formula is C30H38N2O10. The summed E-state index contributed by atoms with van der Waals surface area (Å²) in [4.78, 5) is 38.1. The van der Waals surface area contributed by atoms with Gasteiger partial charge in [0.15, 0.2) is 17.5 Å². The predicted octanol–water partition coefficient (Wildman–Crippen LogP) is 2.91. The Morgan fingerprint density at radius 2 is 1.74 bits per heavy atom. The van der Waals surface area contributed by atoms with Crippen molar-refractivity contribution in [3.05, 3.63) is 28.1 Å². The average Bonchev–Trinajstić information content (AvgIpc) is 2.90. The molecule has 0 spiro atoms. The molecule has 42 heavy (non-hydrogen) atoms. The summed E-state index contributed by atoms with van der Waals surface area (Å²) in [5, 5.41) is 34.8. The first-order valence-corrected chi connectivity index (χ1v) is 14.5. The summed E-state index contributed by atoms with van der Waals surface area (Å²) in [6.07, 6.45) is 0.718. The monoisotopic (exact) mass is 586 g/mol. The van der Waals surface area contributed by atoms with Gasteiger partial charge in [-0.1, -0.05) is 0 Å². The number of aromatic hydroxyl groups is 1. The van der Waals surface area contributed by atoms with Crippen LogP contribution in [-0.2, 0) is 14.3 Å². The van der Waals surface area contributed by atoms with Gasteiger partial charge in [-0.15, -0.1) is 0 Å². The minimum absolute atomic E-state index is 0.0329. The molecule has 1 aromatic heterocycles. The molecule has 4 saturated carbocycles. The Labute approximate surface area is 242 Å². The van der Waals surface area contributed by atoms with Gasteiger partial charge in [0.2, 0.25) is 12.2 Å². The molecule has 5 fully saturated rings. The Morgan fingerprint density at radius 1 is 1.12 bits per heavy atom. The van der Waals surface area contributed by atoms with E-state index in [1.165, 1.54) is 31.4 Å². The summed E-state index contributed by atoms with van der Waals surface area (Å²) < 4.78 is 22.6. The summed E-state index contributed by atoms with van der Waals surface area (Å²) >= 11 is 0. The van der Waals surface area contributed by atoms with Crippen LogP contribution >= 0.6 is 0 Å². The number of nitrogens with one attached hydrogen (secondary N) is 1. The molecule has 6 N–H and O–H groups in total. The van der Waals surface area contributed by atoms with Crippen molar-refractivity contribution >= 4 is 28.7 Å². The van der Waals surface area contributed by atoms with Gasteiger partial charge in [0.1, 0.15) is 17.4 Å². The summed E-state index contributed by atoms with van der Waals surface area (Å²) in [5.74, 6) is 0.345. The van der Waals surface area contributed by atoms with E-state index in [0.29, 0.717) is 23.3 Å². The minimum Gasteiger partial charge on any atom is -0.505 e. The van der Waals surface area contributed by atoms with Gasteiger partial charge in [0.05, 0.1) is 28.9 Å². The van der Waals surface area contributed by atoms with Crippen LogP contribution in [0.5, 0.6) is 11.5 Å². The van der Waals surface area contributed by atoms with Crippen LogP contribution in [-0.4, -0.2) is 58.0 Å². The van der Waals surface area contributed by atoms with Gasteiger partial charge in [-0.3, -0.25) is 4.79 Å². The Kier molecular flexibility index (Phi) is 6.94. The first-order chi connectivity index (χ1) is 19.8. The maximum absolute atomic E-state index is 13.6. The fraction of sp³-hybridized carbons (Fsp3) is 0.633. The Hall–Kier alpha value is -3.35. The van der Waals surface area contributed by atoms with Crippen LogP contribution in [0.4, 0.5) is 10.5 Å². The molecule has 7 rings (SSSR count). The van der Waals surface area contributed by atoms with Crippen LogP contribution < -0.4 is 21.4 Å². The Balaban J connectivity index is 1.27. The Bertz CT molecular complexity index is 1450. The molecule has 0 radical (unpaired) electrons. The van der Waals surface area contributed by atoms with Crippen molar-refractivity contribution in [2.45, 2.75) is 83.4 Å². The highest BCUT2D eigenvalue weighted by Gasteiger charge is 2.55. The van der Waals surface area contributed by atoms with Crippen molar-refractivity contribution in [2.24, 2.45) is 34.8 Å². The number of aliphatic hydroxyl groups excluding tert-OH is 2. The maximum Gasteiger partial charge on any atom is 0.404 e. The molecule has 12 heteroatoms. The Morgan fingerprint density at radius 3 is 2.31 bits per heavy atom. The topological polar surface area (TPSA) is 191 Å². The van der Waals surface area contributed by atoms with Crippen LogP contribution in [0, 0.1) is 36.0 Å². The van der Waals surface area contributed by atoms with Crippen molar-refractivity contribution in [2.75, 3.05) is 11.9 Å². The second kappa shape index (κ2) is 10.1. The molecule has 2 aromatic rings. The number of fused-ring (bicyclic) bond motifs is 1. The predicted molar refractivity (Wildman–Crippen MR) is 149 cm³/mol. The number of nitrogens with two attached hydrogens (primary N) is 1. The highest BCUT2D eigenvalue weighted by atomic mass is 16.7. The average molecular weight is 587 g/mol. The summed E-state index contributed by atoms with van der Waals surface area (Å²) in [6, 6.07) is 2.98. The van der Waals surface area contributed by atoms with E-state index in [1.807, 2.05) is 0 Å². The molecule has 1 unspecified atom stereocenters. The SMILES string of the molecule is Cc1c(O[C@@H]2OC(C)(C)[C@H](CO)[C@H](OC(N)=O)C2O)ccc2c(O)c(NC(=O)C34CC5CC(CC(C5)C3)C4)c(=O)oc12. The van der Waals surface area contributed by atoms with Crippen molar-refractivity contribution < 1.29 is 43.5 Å². The standard InChI is InChI=1S/C30H38N2O10/c1-13-19(39-26-22(35)24(41-28(31)38)18(12-33)29(2,3)42-26)5-4-17-21(34)20(25(36)40-23(13)17)32-27(37)30-9-14-6-15(10-30)8-16(7-14)11-30/h4-5,14-16,18,22,24,26,33-35H,6-12H2,1-3H3,(H2,31,38)(H,32,37)/t14?,15?,16?,18-,22?,24+,26-,30?/m1/s1. The molecule has 2 heterocycles. The molecule has 228 valence electrons. The third kappa shape index (κ3) is 4.69. The van der Waals surface area contributed by atoms with Crippen LogP contribution in [0.1, 0.15) is 57.9 Å². The number of primary amides is 1. The molecule has 1 aliphatic heterocycles.